The number of carbonyl (C=O) groups excluding carboxylic acids is 1. The predicted octanol–water partition coefficient (Wildman–Crippen LogP) is 2.35. The van der Waals surface area contributed by atoms with Crippen molar-refractivity contribution in [3.63, 3.8) is 0 Å². The zero-order valence-corrected chi connectivity index (χ0v) is 12.1. The zero-order chi connectivity index (χ0) is 15.1. The first kappa shape index (κ1) is 14.8. The minimum atomic E-state index is -0.191. The minimum Gasteiger partial charge on any atom is -0.497 e. The van der Waals surface area contributed by atoms with Crippen LogP contribution in [0.2, 0.25) is 0 Å². The SMILES string of the molecule is COc1ccc(OCC(=O)N[C@H](C)c2ccccn2)cc1. The lowest BCUT2D eigenvalue weighted by atomic mass is 10.2. The molecule has 1 heterocycles. The fourth-order valence-corrected chi connectivity index (χ4v) is 1.81. The van der Waals surface area contributed by atoms with Gasteiger partial charge in [0.25, 0.3) is 5.91 Å². The monoisotopic (exact) mass is 286 g/mol. The van der Waals surface area contributed by atoms with Crippen molar-refractivity contribution in [2.24, 2.45) is 0 Å². The van der Waals surface area contributed by atoms with Crippen LogP contribution in [0.3, 0.4) is 0 Å². The molecule has 0 fully saturated rings. The van der Waals surface area contributed by atoms with Crippen LogP contribution in [0.25, 0.3) is 0 Å². The molecule has 2 aromatic rings. The molecule has 1 N–H and O–H groups in total. The lowest BCUT2D eigenvalue weighted by molar-refractivity contribution is -0.123. The van der Waals surface area contributed by atoms with Crippen LogP contribution in [0.15, 0.2) is 48.7 Å². The van der Waals surface area contributed by atoms with E-state index in [1.165, 1.54) is 0 Å². The average Bonchev–Trinajstić information content (AvgIpc) is 2.54. The molecule has 5 heteroatoms. The van der Waals surface area contributed by atoms with Crippen molar-refractivity contribution in [1.82, 2.24) is 10.3 Å². The Labute approximate surface area is 123 Å². The van der Waals surface area contributed by atoms with Gasteiger partial charge in [-0.3, -0.25) is 9.78 Å². The quantitative estimate of drug-likeness (QED) is 0.885. The second-order valence-electron chi connectivity index (χ2n) is 4.51. The van der Waals surface area contributed by atoms with E-state index >= 15 is 0 Å². The van der Waals surface area contributed by atoms with Crippen LogP contribution < -0.4 is 14.8 Å². The van der Waals surface area contributed by atoms with Gasteiger partial charge in [0, 0.05) is 6.20 Å². The van der Waals surface area contributed by atoms with E-state index in [0.29, 0.717) is 5.75 Å². The number of nitrogens with one attached hydrogen (secondary N) is 1. The van der Waals surface area contributed by atoms with Gasteiger partial charge in [-0.15, -0.1) is 0 Å². The number of ether oxygens (including phenoxy) is 2. The third kappa shape index (κ3) is 4.49. The highest BCUT2D eigenvalue weighted by atomic mass is 16.5. The van der Waals surface area contributed by atoms with Crippen molar-refractivity contribution in [1.29, 1.82) is 0 Å². The summed E-state index contributed by atoms with van der Waals surface area (Å²) in [6, 6.07) is 12.5. The number of carbonyl (C=O) groups is 1. The van der Waals surface area contributed by atoms with Gasteiger partial charge in [0.15, 0.2) is 6.61 Å². The Hall–Kier alpha value is -2.56. The molecule has 0 saturated heterocycles. The van der Waals surface area contributed by atoms with Crippen molar-refractivity contribution in [3.05, 3.63) is 54.4 Å². The van der Waals surface area contributed by atoms with E-state index in [-0.39, 0.29) is 18.6 Å². The number of hydrogen-bond acceptors (Lipinski definition) is 4. The molecule has 1 aromatic carbocycles. The van der Waals surface area contributed by atoms with Gasteiger partial charge in [-0.25, -0.2) is 0 Å². The molecule has 1 amide bonds. The van der Waals surface area contributed by atoms with Gasteiger partial charge < -0.3 is 14.8 Å². The Morgan fingerprint density at radius 2 is 1.90 bits per heavy atom. The number of amides is 1. The van der Waals surface area contributed by atoms with E-state index in [1.54, 1.807) is 37.6 Å². The summed E-state index contributed by atoms with van der Waals surface area (Å²) in [5, 5.41) is 2.84. The van der Waals surface area contributed by atoms with E-state index < -0.39 is 0 Å². The molecule has 0 bridgehead atoms. The third-order valence-electron chi connectivity index (χ3n) is 2.94. The van der Waals surface area contributed by atoms with Gasteiger partial charge in [-0.1, -0.05) is 6.07 Å². The molecule has 0 unspecified atom stereocenters. The maximum Gasteiger partial charge on any atom is 0.258 e. The third-order valence-corrected chi connectivity index (χ3v) is 2.94. The Balaban J connectivity index is 1.81. The van der Waals surface area contributed by atoms with Gasteiger partial charge in [0.2, 0.25) is 0 Å². The zero-order valence-electron chi connectivity index (χ0n) is 12.1. The van der Waals surface area contributed by atoms with Crippen molar-refractivity contribution in [3.8, 4) is 11.5 Å². The number of rotatable bonds is 6. The molecule has 0 radical (unpaired) electrons. The molecule has 110 valence electrons. The molecule has 21 heavy (non-hydrogen) atoms. The Morgan fingerprint density at radius 3 is 2.52 bits per heavy atom. The Kier molecular flexibility index (Phi) is 5.15. The minimum absolute atomic E-state index is 0.0382. The van der Waals surface area contributed by atoms with Gasteiger partial charge in [0.05, 0.1) is 18.8 Å². The predicted molar refractivity (Wildman–Crippen MR) is 79.3 cm³/mol. The lowest BCUT2D eigenvalue weighted by Crippen LogP contribution is -2.31. The highest BCUT2D eigenvalue weighted by Gasteiger charge is 2.10. The second kappa shape index (κ2) is 7.28. The summed E-state index contributed by atoms with van der Waals surface area (Å²) in [4.78, 5) is 16.0. The molecule has 0 aliphatic heterocycles. The van der Waals surface area contributed by atoms with Crippen LogP contribution >= 0.6 is 0 Å². The Bertz CT molecular complexity index is 570. The number of hydrogen-bond donors (Lipinski definition) is 1. The molecular formula is C16H18N2O3. The maximum absolute atomic E-state index is 11.8. The van der Waals surface area contributed by atoms with Crippen LogP contribution in [0.1, 0.15) is 18.7 Å². The fraction of sp³-hybridized carbons (Fsp3) is 0.250. The van der Waals surface area contributed by atoms with Crippen molar-refractivity contribution in [2.75, 3.05) is 13.7 Å². The number of methoxy groups -OCH3 is 1. The van der Waals surface area contributed by atoms with Crippen LogP contribution in [-0.4, -0.2) is 24.6 Å². The normalized spacial score (nSPS) is 11.5. The van der Waals surface area contributed by atoms with E-state index in [1.807, 2.05) is 25.1 Å². The molecule has 0 saturated carbocycles. The van der Waals surface area contributed by atoms with Crippen molar-refractivity contribution >= 4 is 5.91 Å². The van der Waals surface area contributed by atoms with Crippen molar-refractivity contribution < 1.29 is 14.3 Å². The number of benzene rings is 1. The highest BCUT2D eigenvalue weighted by Crippen LogP contribution is 2.16. The van der Waals surface area contributed by atoms with Crippen molar-refractivity contribution in [2.45, 2.75) is 13.0 Å². The van der Waals surface area contributed by atoms with Crippen LogP contribution in [0.5, 0.6) is 11.5 Å². The van der Waals surface area contributed by atoms with Gasteiger partial charge in [-0.2, -0.15) is 0 Å². The topological polar surface area (TPSA) is 60.5 Å². The summed E-state index contributed by atoms with van der Waals surface area (Å²) in [6.45, 7) is 1.84. The molecule has 0 spiro atoms. The summed E-state index contributed by atoms with van der Waals surface area (Å²) >= 11 is 0. The molecule has 1 aromatic heterocycles. The van der Waals surface area contributed by atoms with E-state index in [2.05, 4.69) is 10.3 Å². The smallest absolute Gasteiger partial charge is 0.258 e. The molecule has 0 aliphatic carbocycles. The molecular weight excluding hydrogens is 268 g/mol. The first-order valence-corrected chi connectivity index (χ1v) is 6.66. The largest absolute Gasteiger partial charge is 0.497 e. The maximum atomic E-state index is 11.8. The molecule has 1 atom stereocenters. The molecule has 5 nitrogen and oxygen atoms in total. The number of pyridine rings is 1. The van der Waals surface area contributed by atoms with Gasteiger partial charge in [0.1, 0.15) is 11.5 Å². The van der Waals surface area contributed by atoms with Crippen LogP contribution in [0, 0.1) is 0 Å². The Morgan fingerprint density at radius 1 is 1.19 bits per heavy atom. The summed E-state index contributed by atoms with van der Waals surface area (Å²) in [5.41, 5.74) is 0.815. The average molecular weight is 286 g/mol. The van der Waals surface area contributed by atoms with E-state index in [9.17, 15) is 4.79 Å². The van der Waals surface area contributed by atoms with Crippen LogP contribution in [-0.2, 0) is 4.79 Å². The standard InChI is InChI=1S/C16H18N2O3/c1-12(15-5-3-4-10-17-15)18-16(19)11-21-14-8-6-13(20-2)7-9-14/h3-10,12H,11H2,1-2H3,(H,18,19)/t12-/m1/s1. The van der Waals surface area contributed by atoms with Crippen LogP contribution in [0.4, 0.5) is 0 Å². The first-order valence-electron chi connectivity index (χ1n) is 6.66. The fourth-order valence-electron chi connectivity index (χ4n) is 1.81. The highest BCUT2D eigenvalue weighted by molar-refractivity contribution is 5.77. The van der Waals surface area contributed by atoms with Gasteiger partial charge in [-0.05, 0) is 43.3 Å². The lowest BCUT2D eigenvalue weighted by Gasteiger charge is -2.13. The summed E-state index contributed by atoms with van der Waals surface area (Å²) in [5.74, 6) is 1.18. The first-order chi connectivity index (χ1) is 10.2. The summed E-state index contributed by atoms with van der Waals surface area (Å²) in [7, 11) is 1.60. The number of nitrogens with zero attached hydrogens (tertiary/aromatic N) is 1. The number of aromatic nitrogens is 1. The van der Waals surface area contributed by atoms with E-state index in [4.69, 9.17) is 9.47 Å². The summed E-state index contributed by atoms with van der Waals surface area (Å²) in [6.07, 6.45) is 1.70. The summed E-state index contributed by atoms with van der Waals surface area (Å²) < 4.78 is 10.5. The molecule has 2 rings (SSSR count). The second-order valence-corrected chi connectivity index (χ2v) is 4.51. The molecule has 0 aliphatic rings. The van der Waals surface area contributed by atoms with E-state index in [0.717, 1.165) is 11.4 Å². The van der Waals surface area contributed by atoms with Gasteiger partial charge >= 0.3 is 0 Å².